The van der Waals surface area contributed by atoms with Crippen molar-refractivity contribution in [3.8, 4) is 5.75 Å². The second-order valence-corrected chi connectivity index (χ2v) is 5.63. The van der Waals surface area contributed by atoms with Gasteiger partial charge in [0.05, 0.1) is 24.5 Å². The average molecular weight is 257 g/mol. The summed E-state index contributed by atoms with van der Waals surface area (Å²) in [6.45, 7) is 5.97. The van der Waals surface area contributed by atoms with Crippen LogP contribution >= 0.6 is 0 Å². The molecule has 1 aromatic carbocycles. The third-order valence-corrected chi connectivity index (χ3v) is 3.44. The van der Waals surface area contributed by atoms with Crippen molar-refractivity contribution in [2.24, 2.45) is 7.05 Å². The molecule has 100 valence electrons. The van der Waals surface area contributed by atoms with Crippen molar-refractivity contribution in [3.05, 3.63) is 42.2 Å². The van der Waals surface area contributed by atoms with Crippen LogP contribution in [0.15, 0.2) is 36.5 Å². The Balaban J connectivity index is 1.95. The van der Waals surface area contributed by atoms with Gasteiger partial charge in [0, 0.05) is 13.2 Å². The van der Waals surface area contributed by atoms with E-state index in [-0.39, 0.29) is 5.60 Å². The Morgan fingerprint density at radius 1 is 1.26 bits per heavy atom. The minimum Gasteiger partial charge on any atom is -0.484 e. The van der Waals surface area contributed by atoms with Gasteiger partial charge >= 0.3 is 0 Å². The van der Waals surface area contributed by atoms with Crippen LogP contribution < -0.4 is 9.64 Å². The zero-order valence-electron chi connectivity index (χ0n) is 11.6. The number of aromatic nitrogens is 2. The van der Waals surface area contributed by atoms with Gasteiger partial charge in [-0.2, -0.15) is 5.10 Å². The second-order valence-electron chi connectivity index (χ2n) is 5.63. The minimum atomic E-state index is -0.174. The SMILES string of the molecule is Cn1nccc1CN1CC(C)(C)Oc2ccccc21. The molecule has 0 spiro atoms. The molecule has 0 unspecified atom stereocenters. The summed E-state index contributed by atoms with van der Waals surface area (Å²) in [6.07, 6.45) is 1.84. The van der Waals surface area contributed by atoms with Crippen LogP contribution in [0.3, 0.4) is 0 Å². The van der Waals surface area contributed by atoms with Crippen molar-refractivity contribution in [1.29, 1.82) is 0 Å². The highest BCUT2D eigenvalue weighted by Gasteiger charge is 2.31. The first-order chi connectivity index (χ1) is 9.05. The summed E-state index contributed by atoms with van der Waals surface area (Å²) in [5, 5.41) is 4.23. The molecule has 0 aliphatic carbocycles. The van der Waals surface area contributed by atoms with Crippen molar-refractivity contribution in [2.75, 3.05) is 11.4 Å². The zero-order chi connectivity index (χ0) is 13.5. The third-order valence-electron chi connectivity index (χ3n) is 3.44. The molecule has 2 heterocycles. The Morgan fingerprint density at radius 3 is 2.79 bits per heavy atom. The van der Waals surface area contributed by atoms with Gasteiger partial charge in [0.1, 0.15) is 11.4 Å². The molecule has 2 aromatic rings. The van der Waals surface area contributed by atoms with Gasteiger partial charge in [-0.1, -0.05) is 12.1 Å². The number of hydrogen-bond donors (Lipinski definition) is 0. The Kier molecular flexibility index (Phi) is 2.73. The fraction of sp³-hybridized carbons (Fsp3) is 0.400. The lowest BCUT2D eigenvalue weighted by atomic mass is 10.0. The van der Waals surface area contributed by atoms with E-state index in [4.69, 9.17) is 4.74 Å². The monoisotopic (exact) mass is 257 g/mol. The van der Waals surface area contributed by atoms with Gasteiger partial charge in [0.25, 0.3) is 0 Å². The molecule has 1 aliphatic heterocycles. The molecule has 0 N–H and O–H groups in total. The summed E-state index contributed by atoms with van der Waals surface area (Å²) in [5.41, 5.74) is 2.18. The maximum atomic E-state index is 6.03. The molecule has 1 aromatic heterocycles. The smallest absolute Gasteiger partial charge is 0.143 e. The van der Waals surface area contributed by atoms with E-state index in [1.807, 2.05) is 30.1 Å². The van der Waals surface area contributed by atoms with Crippen LogP contribution in [-0.4, -0.2) is 21.9 Å². The van der Waals surface area contributed by atoms with Gasteiger partial charge in [-0.15, -0.1) is 0 Å². The van der Waals surface area contributed by atoms with Crippen LogP contribution in [0.25, 0.3) is 0 Å². The second kappa shape index (κ2) is 4.30. The van der Waals surface area contributed by atoms with Gasteiger partial charge in [-0.05, 0) is 32.0 Å². The van der Waals surface area contributed by atoms with Gasteiger partial charge in [0.2, 0.25) is 0 Å². The molecule has 0 fully saturated rings. The largest absolute Gasteiger partial charge is 0.484 e. The molecule has 0 saturated heterocycles. The first-order valence-corrected chi connectivity index (χ1v) is 6.55. The van der Waals surface area contributed by atoms with E-state index in [1.54, 1.807) is 0 Å². The molecule has 1 aliphatic rings. The van der Waals surface area contributed by atoms with Crippen molar-refractivity contribution in [1.82, 2.24) is 9.78 Å². The maximum absolute atomic E-state index is 6.03. The number of nitrogens with zero attached hydrogens (tertiary/aromatic N) is 3. The summed E-state index contributed by atoms with van der Waals surface area (Å²) < 4.78 is 7.96. The van der Waals surface area contributed by atoms with Crippen LogP contribution in [0.4, 0.5) is 5.69 Å². The van der Waals surface area contributed by atoms with E-state index in [1.165, 1.54) is 5.69 Å². The number of benzene rings is 1. The molecule has 0 bridgehead atoms. The summed E-state index contributed by atoms with van der Waals surface area (Å²) in [4.78, 5) is 2.36. The van der Waals surface area contributed by atoms with E-state index in [0.29, 0.717) is 0 Å². The number of rotatable bonds is 2. The van der Waals surface area contributed by atoms with Crippen LogP contribution in [0.2, 0.25) is 0 Å². The van der Waals surface area contributed by atoms with Crippen LogP contribution in [-0.2, 0) is 13.6 Å². The molecule has 3 rings (SSSR count). The number of anilines is 1. The molecule has 4 heteroatoms. The number of aryl methyl sites for hydroxylation is 1. The molecule has 4 nitrogen and oxygen atoms in total. The molecule has 0 radical (unpaired) electrons. The average Bonchev–Trinajstić information content (AvgIpc) is 2.74. The summed E-state index contributed by atoms with van der Waals surface area (Å²) in [5.74, 6) is 0.959. The van der Waals surface area contributed by atoms with Crippen molar-refractivity contribution in [3.63, 3.8) is 0 Å². The first-order valence-electron chi connectivity index (χ1n) is 6.55. The van der Waals surface area contributed by atoms with Crippen molar-refractivity contribution >= 4 is 5.69 Å². The van der Waals surface area contributed by atoms with E-state index in [2.05, 4.69) is 42.0 Å². The maximum Gasteiger partial charge on any atom is 0.143 e. The molecule has 0 atom stereocenters. The lowest BCUT2D eigenvalue weighted by molar-refractivity contribution is 0.104. The molecule has 19 heavy (non-hydrogen) atoms. The predicted octanol–water partition coefficient (Wildman–Crippen LogP) is 2.60. The highest BCUT2D eigenvalue weighted by molar-refractivity contribution is 5.60. The lowest BCUT2D eigenvalue weighted by Gasteiger charge is -2.40. The van der Waals surface area contributed by atoms with Crippen LogP contribution in [0, 0.1) is 0 Å². The fourth-order valence-electron chi connectivity index (χ4n) is 2.57. The number of para-hydroxylation sites is 2. The van der Waals surface area contributed by atoms with E-state index < -0.39 is 0 Å². The Morgan fingerprint density at radius 2 is 2.05 bits per heavy atom. The first kappa shape index (κ1) is 12.1. The number of hydrogen-bond acceptors (Lipinski definition) is 3. The Hall–Kier alpha value is -1.97. The zero-order valence-corrected chi connectivity index (χ0v) is 11.6. The number of fused-ring (bicyclic) bond motifs is 1. The van der Waals surface area contributed by atoms with E-state index >= 15 is 0 Å². The lowest BCUT2D eigenvalue weighted by Crippen LogP contribution is -2.46. The van der Waals surface area contributed by atoms with Gasteiger partial charge in [-0.25, -0.2) is 0 Å². The third kappa shape index (κ3) is 2.30. The summed E-state index contributed by atoms with van der Waals surface area (Å²) in [7, 11) is 1.98. The topological polar surface area (TPSA) is 30.3 Å². The van der Waals surface area contributed by atoms with E-state index in [0.717, 1.165) is 24.5 Å². The minimum absolute atomic E-state index is 0.174. The normalized spacial score (nSPS) is 16.9. The fourth-order valence-corrected chi connectivity index (χ4v) is 2.57. The standard InChI is InChI=1S/C15H19N3O/c1-15(2)11-18(10-12-8-9-16-17(12)3)13-6-4-5-7-14(13)19-15/h4-9H,10-11H2,1-3H3. The van der Waals surface area contributed by atoms with Gasteiger partial charge < -0.3 is 9.64 Å². The molecule has 0 amide bonds. The van der Waals surface area contributed by atoms with Gasteiger partial charge in [0.15, 0.2) is 0 Å². The molecular formula is C15H19N3O. The van der Waals surface area contributed by atoms with Crippen molar-refractivity contribution in [2.45, 2.75) is 26.0 Å². The Labute approximate surface area is 113 Å². The molecular weight excluding hydrogens is 238 g/mol. The van der Waals surface area contributed by atoms with Crippen LogP contribution in [0.5, 0.6) is 5.75 Å². The summed E-state index contributed by atoms with van der Waals surface area (Å²) >= 11 is 0. The van der Waals surface area contributed by atoms with E-state index in [9.17, 15) is 0 Å². The summed E-state index contributed by atoms with van der Waals surface area (Å²) in [6, 6.07) is 10.3. The molecule has 0 saturated carbocycles. The Bertz CT molecular complexity index is 589. The van der Waals surface area contributed by atoms with Crippen molar-refractivity contribution < 1.29 is 4.74 Å². The van der Waals surface area contributed by atoms with Crippen LogP contribution in [0.1, 0.15) is 19.5 Å². The highest BCUT2D eigenvalue weighted by Crippen LogP contribution is 2.37. The predicted molar refractivity (Wildman–Crippen MR) is 75.4 cm³/mol. The quantitative estimate of drug-likeness (QED) is 0.828. The number of ether oxygens (including phenoxy) is 1. The highest BCUT2D eigenvalue weighted by atomic mass is 16.5. The van der Waals surface area contributed by atoms with Gasteiger partial charge in [-0.3, -0.25) is 4.68 Å².